The SMILES string of the molecule is CC(Oc1ccc(/C(=C2\CCc3ccccc32)c2ccc(OCOC(=O)C(C)(C)C)cc2)cc1)N(C)C. The number of carbonyl (C=O) groups excluding carboxylic acids is 1. The number of carbonyl (C=O) groups is 1. The van der Waals surface area contributed by atoms with Crippen molar-refractivity contribution in [3.05, 3.63) is 95.1 Å². The molecule has 0 amide bonds. The minimum atomic E-state index is -0.559. The van der Waals surface area contributed by atoms with Crippen LogP contribution in [0.3, 0.4) is 0 Å². The molecule has 1 atom stereocenters. The largest absolute Gasteiger partial charge is 0.475 e. The van der Waals surface area contributed by atoms with Crippen molar-refractivity contribution >= 4 is 17.1 Å². The van der Waals surface area contributed by atoms with Crippen LogP contribution in [0.1, 0.15) is 56.4 Å². The van der Waals surface area contributed by atoms with Crippen LogP contribution in [0.5, 0.6) is 11.5 Å². The molecule has 0 saturated carbocycles. The summed E-state index contributed by atoms with van der Waals surface area (Å²) < 4.78 is 17.0. The van der Waals surface area contributed by atoms with Gasteiger partial charge in [-0.25, -0.2) is 0 Å². The van der Waals surface area contributed by atoms with Crippen LogP contribution < -0.4 is 9.47 Å². The van der Waals surface area contributed by atoms with Crippen LogP contribution in [0, 0.1) is 5.41 Å². The van der Waals surface area contributed by atoms with E-state index in [0.717, 1.165) is 29.7 Å². The third kappa shape index (κ3) is 6.41. The van der Waals surface area contributed by atoms with Crippen molar-refractivity contribution in [3.8, 4) is 11.5 Å². The first-order chi connectivity index (χ1) is 17.6. The van der Waals surface area contributed by atoms with Crippen LogP contribution in [0.2, 0.25) is 0 Å². The number of hydrogen-bond acceptors (Lipinski definition) is 5. The van der Waals surface area contributed by atoms with Gasteiger partial charge >= 0.3 is 5.97 Å². The lowest BCUT2D eigenvalue weighted by molar-refractivity contribution is -0.159. The number of hydrogen-bond donors (Lipinski definition) is 0. The van der Waals surface area contributed by atoms with Gasteiger partial charge in [0.2, 0.25) is 6.79 Å². The van der Waals surface area contributed by atoms with Gasteiger partial charge in [-0.2, -0.15) is 0 Å². The van der Waals surface area contributed by atoms with Crippen LogP contribution in [-0.4, -0.2) is 38.0 Å². The summed E-state index contributed by atoms with van der Waals surface area (Å²) in [5, 5.41) is 0. The van der Waals surface area contributed by atoms with Crippen molar-refractivity contribution in [3.63, 3.8) is 0 Å². The van der Waals surface area contributed by atoms with E-state index in [4.69, 9.17) is 14.2 Å². The first-order valence-corrected chi connectivity index (χ1v) is 12.8. The maximum absolute atomic E-state index is 12.0. The molecule has 0 radical (unpaired) electrons. The summed E-state index contributed by atoms with van der Waals surface area (Å²) in [5.74, 6) is 1.21. The van der Waals surface area contributed by atoms with Crippen molar-refractivity contribution in [1.29, 1.82) is 0 Å². The average Bonchev–Trinajstić information content (AvgIpc) is 3.29. The first-order valence-electron chi connectivity index (χ1n) is 12.8. The van der Waals surface area contributed by atoms with E-state index in [1.807, 2.05) is 71.0 Å². The number of rotatable bonds is 8. The lowest BCUT2D eigenvalue weighted by atomic mass is 9.90. The number of aryl methyl sites for hydroxylation is 1. The Labute approximate surface area is 220 Å². The molecule has 0 fully saturated rings. The predicted molar refractivity (Wildman–Crippen MR) is 148 cm³/mol. The lowest BCUT2D eigenvalue weighted by Gasteiger charge is -2.21. The van der Waals surface area contributed by atoms with Gasteiger partial charge in [-0.05, 0) is 112 Å². The number of benzene rings is 3. The number of allylic oxidation sites excluding steroid dienone is 1. The third-order valence-electron chi connectivity index (χ3n) is 6.64. The minimum absolute atomic E-state index is 0.0133. The summed E-state index contributed by atoms with van der Waals surface area (Å²) in [4.78, 5) is 14.0. The second-order valence-corrected chi connectivity index (χ2v) is 10.7. The van der Waals surface area contributed by atoms with Gasteiger partial charge in [0.25, 0.3) is 0 Å². The maximum atomic E-state index is 12.0. The molecule has 37 heavy (non-hydrogen) atoms. The van der Waals surface area contributed by atoms with Crippen LogP contribution >= 0.6 is 0 Å². The van der Waals surface area contributed by atoms with E-state index < -0.39 is 5.41 Å². The Hall–Kier alpha value is -3.57. The Morgan fingerprint density at radius 3 is 2.05 bits per heavy atom. The fraction of sp³-hybridized carbons (Fsp3) is 0.344. The molecule has 0 N–H and O–H groups in total. The Balaban J connectivity index is 1.62. The van der Waals surface area contributed by atoms with Crippen molar-refractivity contribution in [1.82, 2.24) is 4.90 Å². The van der Waals surface area contributed by atoms with Gasteiger partial charge in [0, 0.05) is 0 Å². The molecule has 0 heterocycles. The monoisotopic (exact) mass is 499 g/mol. The van der Waals surface area contributed by atoms with Gasteiger partial charge in [0.05, 0.1) is 5.41 Å². The molecule has 5 heteroatoms. The van der Waals surface area contributed by atoms with Gasteiger partial charge in [-0.15, -0.1) is 0 Å². The molecule has 1 unspecified atom stereocenters. The highest BCUT2D eigenvalue weighted by Crippen LogP contribution is 2.41. The summed E-state index contributed by atoms with van der Waals surface area (Å²) in [6.07, 6.45) is 2.02. The molecule has 3 aromatic carbocycles. The molecule has 0 bridgehead atoms. The number of ether oxygens (including phenoxy) is 3. The fourth-order valence-electron chi connectivity index (χ4n) is 4.29. The third-order valence-corrected chi connectivity index (χ3v) is 6.64. The van der Waals surface area contributed by atoms with Crippen molar-refractivity contribution in [2.75, 3.05) is 20.9 Å². The van der Waals surface area contributed by atoms with Gasteiger partial charge < -0.3 is 14.2 Å². The van der Waals surface area contributed by atoms with Crippen molar-refractivity contribution < 1.29 is 19.0 Å². The predicted octanol–water partition coefficient (Wildman–Crippen LogP) is 6.80. The molecule has 0 aromatic heterocycles. The highest BCUT2D eigenvalue weighted by Gasteiger charge is 2.23. The standard InChI is InChI=1S/C32H37NO4/c1-22(33(5)6)37-27-18-13-25(14-19-27)30(29-20-15-23-9-7-8-10-28(23)29)24-11-16-26(17-12-24)35-21-36-31(34)32(2,3)4/h7-14,16-19,22H,15,20-21H2,1-6H3/b30-29+. The Morgan fingerprint density at radius 2 is 1.46 bits per heavy atom. The minimum Gasteiger partial charge on any atom is -0.475 e. The van der Waals surface area contributed by atoms with Gasteiger partial charge in [0.15, 0.2) is 0 Å². The summed E-state index contributed by atoms with van der Waals surface area (Å²) in [6.45, 7) is 7.39. The number of esters is 1. The van der Waals surface area contributed by atoms with E-state index in [9.17, 15) is 4.79 Å². The molecule has 0 spiro atoms. The summed E-state index contributed by atoms with van der Waals surface area (Å²) in [7, 11) is 4.00. The Kier molecular flexibility index (Phi) is 8.03. The molecule has 1 aliphatic carbocycles. The van der Waals surface area contributed by atoms with Crippen LogP contribution in [0.25, 0.3) is 11.1 Å². The molecule has 1 aliphatic rings. The first kappa shape index (κ1) is 26.5. The van der Waals surface area contributed by atoms with E-state index in [1.165, 1.54) is 22.3 Å². The molecule has 0 aliphatic heterocycles. The molecule has 194 valence electrons. The lowest BCUT2D eigenvalue weighted by Crippen LogP contribution is -2.30. The summed E-state index contributed by atoms with van der Waals surface area (Å²) >= 11 is 0. The number of nitrogens with zero attached hydrogens (tertiary/aromatic N) is 1. The molecular formula is C32H37NO4. The molecule has 4 rings (SSSR count). The molecule has 5 nitrogen and oxygen atoms in total. The van der Waals surface area contributed by atoms with Crippen molar-refractivity contribution in [2.45, 2.75) is 46.8 Å². The van der Waals surface area contributed by atoms with E-state index in [2.05, 4.69) is 48.5 Å². The van der Waals surface area contributed by atoms with E-state index in [1.54, 1.807) is 0 Å². The van der Waals surface area contributed by atoms with Gasteiger partial charge in [0.1, 0.15) is 17.7 Å². The van der Waals surface area contributed by atoms with Crippen LogP contribution in [0.15, 0.2) is 72.8 Å². The zero-order chi connectivity index (χ0) is 26.6. The highest BCUT2D eigenvalue weighted by atomic mass is 16.7. The Morgan fingerprint density at radius 1 is 0.865 bits per heavy atom. The van der Waals surface area contributed by atoms with E-state index >= 15 is 0 Å². The second kappa shape index (κ2) is 11.2. The summed E-state index contributed by atoms with van der Waals surface area (Å²) in [5.41, 5.74) is 6.95. The maximum Gasteiger partial charge on any atom is 0.314 e. The van der Waals surface area contributed by atoms with E-state index in [-0.39, 0.29) is 19.0 Å². The quantitative estimate of drug-likeness (QED) is 0.252. The average molecular weight is 500 g/mol. The van der Waals surface area contributed by atoms with Gasteiger partial charge in [-0.1, -0.05) is 48.5 Å². The number of fused-ring (bicyclic) bond motifs is 1. The topological polar surface area (TPSA) is 48.0 Å². The highest BCUT2D eigenvalue weighted by molar-refractivity contribution is 6.00. The smallest absolute Gasteiger partial charge is 0.314 e. The zero-order valence-electron chi connectivity index (χ0n) is 22.7. The molecular weight excluding hydrogens is 462 g/mol. The Bertz CT molecular complexity index is 1250. The zero-order valence-corrected chi connectivity index (χ0v) is 22.7. The van der Waals surface area contributed by atoms with Crippen LogP contribution in [0.4, 0.5) is 0 Å². The normalized spacial score (nSPS) is 15.2. The molecule has 3 aromatic rings. The second-order valence-electron chi connectivity index (χ2n) is 10.7. The molecule has 0 saturated heterocycles. The summed E-state index contributed by atoms with van der Waals surface area (Å²) in [6, 6.07) is 25.0. The van der Waals surface area contributed by atoms with Crippen molar-refractivity contribution in [2.24, 2.45) is 5.41 Å². The van der Waals surface area contributed by atoms with Gasteiger partial charge in [-0.3, -0.25) is 9.69 Å². The van der Waals surface area contributed by atoms with E-state index in [0.29, 0.717) is 5.75 Å². The fourth-order valence-corrected chi connectivity index (χ4v) is 4.29. The van der Waals surface area contributed by atoms with Crippen LogP contribution in [-0.2, 0) is 16.0 Å².